The monoisotopic (exact) mass is 688 g/mol. The summed E-state index contributed by atoms with van der Waals surface area (Å²) in [6, 6.07) is 68.9. The molecule has 11 rings (SSSR count). The Hall–Kier alpha value is -7.10. The van der Waals surface area contributed by atoms with E-state index < -0.39 is 5.41 Å². The normalized spacial score (nSPS) is 13.1. The van der Waals surface area contributed by atoms with Gasteiger partial charge in [-0.1, -0.05) is 164 Å². The van der Waals surface area contributed by atoms with Gasteiger partial charge in [-0.25, -0.2) is 9.97 Å². The van der Waals surface area contributed by atoms with Gasteiger partial charge in [0, 0.05) is 27.8 Å². The molecule has 1 aromatic heterocycles. The zero-order valence-electron chi connectivity index (χ0n) is 29.3. The molecule has 0 atom stereocenters. The summed E-state index contributed by atoms with van der Waals surface area (Å²) in [4.78, 5) is 10.3. The van der Waals surface area contributed by atoms with Crippen molar-refractivity contribution in [1.29, 1.82) is 0 Å². The van der Waals surface area contributed by atoms with Crippen LogP contribution in [0.3, 0.4) is 0 Å². The summed E-state index contributed by atoms with van der Waals surface area (Å²) in [6.07, 6.45) is 0. The molecule has 0 N–H and O–H groups in total. The topological polar surface area (TPSA) is 35.0 Å². The minimum absolute atomic E-state index is 0.518. The van der Waals surface area contributed by atoms with E-state index in [1.54, 1.807) is 0 Å². The van der Waals surface area contributed by atoms with Gasteiger partial charge in [0.05, 0.1) is 16.8 Å². The third-order valence-electron chi connectivity index (χ3n) is 11.2. The molecule has 1 aliphatic carbocycles. The third kappa shape index (κ3) is 4.55. The molecule has 0 radical (unpaired) electrons. The van der Waals surface area contributed by atoms with Crippen molar-refractivity contribution in [3.05, 3.63) is 216 Å². The highest BCUT2D eigenvalue weighted by Gasteiger charge is 2.51. The van der Waals surface area contributed by atoms with Crippen LogP contribution in [0.15, 0.2) is 194 Å². The molecule has 0 saturated carbocycles. The second-order valence-corrected chi connectivity index (χ2v) is 14.1. The summed E-state index contributed by atoms with van der Waals surface area (Å²) in [5.74, 6) is 2.47. The standard InChI is InChI=1S/C51H32N2O/c1-2-15-34(16-3-1)50-52-46(32-47(53-50)41-23-13-17-33-14-4-5-20-38(33)41)37-19-12-18-35(30-37)36-28-29-49-45(31-36)51(44-26-10-11-27-48(44)54-49)42-24-8-6-21-39(42)40-22-7-9-25-43(40)51/h1-32H. The van der Waals surface area contributed by atoms with Crippen molar-refractivity contribution < 1.29 is 4.74 Å². The van der Waals surface area contributed by atoms with Gasteiger partial charge in [0.25, 0.3) is 0 Å². The largest absolute Gasteiger partial charge is 0.457 e. The number of hydrogen-bond acceptors (Lipinski definition) is 3. The Morgan fingerprint density at radius 1 is 0.352 bits per heavy atom. The van der Waals surface area contributed by atoms with E-state index in [0.717, 1.165) is 61.8 Å². The lowest BCUT2D eigenvalue weighted by atomic mass is 9.66. The molecule has 0 unspecified atom stereocenters. The fourth-order valence-corrected chi connectivity index (χ4v) is 8.79. The Kier molecular flexibility index (Phi) is 6.77. The van der Waals surface area contributed by atoms with Gasteiger partial charge >= 0.3 is 0 Å². The van der Waals surface area contributed by atoms with Crippen LogP contribution in [0.1, 0.15) is 22.3 Å². The zero-order valence-corrected chi connectivity index (χ0v) is 29.3. The number of hydrogen-bond donors (Lipinski definition) is 0. The van der Waals surface area contributed by atoms with E-state index in [1.807, 2.05) is 18.2 Å². The van der Waals surface area contributed by atoms with Gasteiger partial charge in [0.1, 0.15) is 11.5 Å². The van der Waals surface area contributed by atoms with Crippen molar-refractivity contribution in [3.8, 4) is 67.7 Å². The lowest BCUT2D eigenvalue weighted by Gasteiger charge is -2.39. The van der Waals surface area contributed by atoms with Crippen LogP contribution in [0, 0.1) is 0 Å². The second kappa shape index (κ2) is 12.0. The van der Waals surface area contributed by atoms with Crippen LogP contribution in [0.4, 0.5) is 0 Å². The van der Waals surface area contributed by atoms with E-state index in [2.05, 4.69) is 176 Å². The number of para-hydroxylation sites is 1. The highest BCUT2D eigenvalue weighted by atomic mass is 16.5. The van der Waals surface area contributed by atoms with Crippen LogP contribution in [-0.4, -0.2) is 9.97 Å². The number of aromatic nitrogens is 2. The van der Waals surface area contributed by atoms with E-state index in [9.17, 15) is 0 Å². The maximum atomic E-state index is 6.70. The summed E-state index contributed by atoms with van der Waals surface area (Å²) in [5, 5.41) is 2.35. The number of benzene rings is 8. The van der Waals surface area contributed by atoms with Crippen molar-refractivity contribution in [2.75, 3.05) is 0 Å². The van der Waals surface area contributed by atoms with Crippen molar-refractivity contribution in [1.82, 2.24) is 9.97 Å². The van der Waals surface area contributed by atoms with Crippen LogP contribution >= 0.6 is 0 Å². The molecule has 54 heavy (non-hydrogen) atoms. The van der Waals surface area contributed by atoms with Crippen molar-refractivity contribution in [3.63, 3.8) is 0 Å². The van der Waals surface area contributed by atoms with Crippen molar-refractivity contribution in [2.24, 2.45) is 0 Å². The van der Waals surface area contributed by atoms with E-state index in [1.165, 1.54) is 33.0 Å². The molecule has 1 aliphatic heterocycles. The fourth-order valence-electron chi connectivity index (χ4n) is 8.79. The SMILES string of the molecule is c1ccc(-c2nc(-c3cccc(-c4ccc5c(c4)C4(c6ccccc6O5)c5ccccc5-c5ccccc54)c3)cc(-c3cccc4ccccc34)n2)cc1. The summed E-state index contributed by atoms with van der Waals surface area (Å²) in [6.45, 7) is 0. The van der Waals surface area contributed by atoms with E-state index in [4.69, 9.17) is 14.7 Å². The molecular weight excluding hydrogens is 657 g/mol. The summed E-state index contributed by atoms with van der Waals surface area (Å²) < 4.78 is 6.70. The van der Waals surface area contributed by atoms with E-state index >= 15 is 0 Å². The fraction of sp³-hybridized carbons (Fsp3) is 0.0196. The first-order valence-corrected chi connectivity index (χ1v) is 18.4. The van der Waals surface area contributed by atoms with Gasteiger partial charge in [0.15, 0.2) is 5.82 Å². The van der Waals surface area contributed by atoms with Crippen LogP contribution in [0.5, 0.6) is 11.5 Å². The molecule has 0 fully saturated rings. The maximum Gasteiger partial charge on any atom is 0.160 e. The van der Waals surface area contributed by atoms with Gasteiger partial charge < -0.3 is 4.74 Å². The molecule has 0 saturated heterocycles. The minimum Gasteiger partial charge on any atom is -0.457 e. The van der Waals surface area contributed by atoms with Crippen molar-refractivity contribution >= 4 is 10.8 Å². The Morgan fingerprint density at radius 2 is 0.926 bits per heavy atom. The minimum atomic E-state index is -0.518. The number of rotatable bonds is 4. The number of fused-ring (bicyclic) bond motifs is 10. The van der Waals surface area contributed by atoms with Gasteiger partial charge in [0.2, 0.25) is 0 Å². The quantitative estimate of drug-likeness (QED) is 0.185. The van der Waals surface area contributed by atoms with Crippen LogP contribution < -0.4 is 4.74 Å². The first-order chi connectivity index (χ1) is 26.8. The van der Waals surface area contributed by atoms with Gasteiger partial charge in [-0.3, -0.25) is 0 Å². The average Bonchev–Trinajstić information content (AvgIpc) is 3.54. The zero-order chi connectivity index (χ0) is 35.6. The molecule has 0 bridgehead atoms. The molecular formula is C51H32N2O. The first kappa shape index (κ1) is 30.5. The number of nitrogens with zero attached hydrogens (tertiary/aromatic N) is 2. The highest BCUT2D eigenvalue weighted by Crippen LogP contribution is 2.62. The Balaban J connectivity index is 1.09. The smallest absolute Gasteiger partial charge is 0.160 e. The van der Waals surface area contributed by atoms with Crippen molar-refractivity contribution in [2.45, 2.75) is 5.41 Å². The van der Waals surface area contributed by atoms with E-state index in [0.29, 0.717) is 5.82 Å². The Labute approximate surface area is 313 Å². The molecule has 2 aliphatic rings. The van der Waals surface area contributed by atoms with Gasteiger partial charge in [-0.2, -0.15) is 0 Å². The predicted molar refractivity (Wildman–Crippen MR) is 219 cm³/mol. The van der Waals surface area contributed by atoms with Crippen LogP contribution in [0.2, 0.25) is 0 Å². The first-order valence-electron chi connectivity index (χ1n) is 18.4. The second-order valence-electron chi connectivity index (χ2n) is 14.1. The summed E-state index contributed by atoms with van der Waals surface area (Å²) >= 11 is 0. The lowest BCUT2D eigenvalue weighted by molar-refractivity contribution is 0.436. The Morgan fingerprint density at radius 3 is 1.76 bits per heavy atom. The Bertz CT molecular complexity index is 2880. The molecule has 2 heterocycles. The van der Waals surface area contributed by atoms with Gasteiger partial charge in [-0.15, -0.1) is 0 Å². The molecule has 252 valence electrons. The molecule has 0 amide bonds. The summed E-state index contributed by atoms with van der Waals surface area (Å²) in [7, 11) is 0. The highest BCUT2D eigenvalue weighted by molar-refractivity contribution is 5.96. The van der Waals surface area contributed by atoms with Crippen LogP contribution in [-0.2, 0) is 5.41 Å². The molecule has 3 nitrogen and oxygen atoms in total. The third-order valence-corrected chi connectivity index (χ3v) is 11.2. The molecule has 8 aromatic carbocycles. The van der Waals surface area contributed by atoms with Gasteiger partial charge in [-0.05, 0) is 74.5 Å². The average molecular weight is 689 g/mol. The molecule has 3 heteroatoms. The predicted octanol–water partition coefficient (Wildman–Crippen LogP) is 12.8. The maximum absolute atomic E-state index is 6.70. The van der Waals surface area contributed by atoms with E-state index in [-0.39, 0.29) is 0 Å². The number of ether oxygens (including phenoxy) is 1. The molecule has 1 spiro atoms. The lowest BCUT2D eigenvalue weighted by Crippen LogP contribution is -2.32. The summed E-state index contributed by atoms with van der Waals surface area (Å²) in [5.41, 5.74) is 14.0. The molecule has 9 aromatic rings. The van der Waals surface area contributed by atoms with Crippen LogP contribution in [0.25, 0.3) is 66.9 Å².